The van der Waals surface area contributed by atoms with Gasteiger partial charge in [0.1, 0.15) is 5.75 Å². The molecule has 10 heteroatoms. The maximum atomic E-state index is 13.2. The fraction of sp³-hybridized carbons (Fsp3) is 0.0769. The zero-order chi connectivity index (χ0) is 26.0. The second-order valence-corrected chi connectivity index (χ2v) is 7.22. The van der Waals surface area contributed by atoms with Crippen LogP contribution in [0.1, 0.15) is 0 Å². The maximum absolute atomic E-state index is 13.2. The van der Waals surface area contributed by atoms with Gasteiger partial charge in [0, 0.05) is 28.5 Å². The van der Waals surface area contributed by atoms with Crippen LogP contribution in [0, 0.1) is 0 Å². The molecule has 4 aromatic rings. The minimum absolute atomic E-state index is 0.145. The van der Waals surface area contributed by atoms with Crippen LogP contribution in [0.25, 0.3) is 33.1 Å². The van der Waals surface area contributed by atoms with Crippen molar-refractivity contribution >= 4 is 33.9 Å². The number of carbonyl (C=O) groups excluding carboxylic acids is 2. The lowest BCUT2D eigenvalue weighted by Crippen LogP contribution is -2.18. The minimum atomic E-state index is -5.09. The normalized spacial score (nSPS) is 11.2. The summed E-state index contributed by atoms with van der Waals surface area (Å²) in [6.07, 6.45) is -3.25. The first-order chi connectivity index (χ1) is 17.1. The molecule has 0 spiro atoms. The van der Waals surface area contributed by atoms with Gasteiger partial charge in [0.2, 0.25) is 5.75 Å². The van der Waals surface area contributed by atoms with Crippen LogP contribution in [0.2, 0.25) is 0 Å². The summed E-state index contributed by atoms with van der Waals surface area (Å²) in [5.74, 6) is -2.36. The first-order valence-electron chi connectivity index (χ1n) is 10.3. The van der Waals surface area contributed by atoms with Crippen LogP contribution in [0.3, 0.4) is 0 Å². The zero-order valence-electron chi connectivity index (χ0n) is 18.7. The molecule has 0 amide bonds. The molecule has 1 heterocycles. The van der Waals surface area contributed by atoms with Gasteiger partial charge in [0.25, 0.3) is 0 Å². The number of rotatable bonds is 7. The zero-order valence-corrected chi connectivity index (χ0v) is 18.7. The molecule has 0 saturated heterocycles. The summed E-state index contributed by atoms with van der Waals surface area (Å²) in [4.78, 5) is 23.0. The summed E-state index contributed by atoms with van der Waals surface area (Å²) in [6, 6.07) is 12.4. The first kappa shape index (κ1) is 24.4. The molecule has 0 aliphatic carbocycles. The van der Waals surface area contributed by atoms with Crippen LogP contribution >= 0.6 is 0 Å². The Hall–Kier alpha value is -4.73. The van der Waals surface area contributed by atoms with Gasteiger partial charge in [-0.05, 0) is 42.0 Å². The van der Waals surface area contributed by atoms with Gasteiger partial charge < -0.3 is 23.4 Å². The number of methoxy groups -OCH3 is 1. The van der Waals surface area contributed by atoms with E-state index in [1.54, 1.807) is 36.4 Å². The number of halogens is 3. The third kappa shape index (κ3) is 4.74. The lowest BCUT2D eigenvalue weighted by atomic mass is 10.0. The topological polar surface area (TPSA) is 84.2 Å². The van der Waals surface area contributed by atoms with Crippen LogP contribution < -0.4 is 18.9 Å². The van der Waals surface area contributed by atoms with E-state index in [-0.39, 0.29) is 22.3 Å². The number of benzene rings is 3. The third-order valence-electron chi connectivity index (χ3n) is 5.03. The van der Waals surface area contributed by atoms with E-state index in [0.717, 1.165) is 12.2 Å². The number of carbonyl (C=O) groups is 2. The van der Waals surface area contributed by atoms with Gasteiger partial charge in [-0.3, -0.25) is 0 Å². The number of fused-ring (bicyclic) bond motifs is 3. The van der Waals surface area contributed by atoms with Crippen molar-refractivity contribution in [3.63, 3.8) is 0 Å². The standard InChI is InChI=1S/C26H17F3O7/c1-4-20(30)33-15-8-6-14(7-9-15)16-10-11-17-18-12-13-19(34-21(31)5-2)25(36-26(27,28)29)24(18)35-23(17)22(16)32-3/h4-13H,1-2H2,3H3. The molecule has 184 valence electrons. The molecule has 0 bridgehead atoms. The van der Waals surface area contributed by atoms with E-state index in [1.807, 2.05) is 0 Å². The minimum Gasteiger partial charge on any atom is -0.492 e. The Labute approximate surface area is 201 Å². The van der Waals surface area contributed by atoms with Gasteiger partial charge in [0.15, 0.2) is 22.7 Å². The Kier molecular flexibility index (Phi) is 6.43. The van der Waals surface area contributed by atoms with Gasteiger partial charge in [0.05, 0.1) is 7.11 Å². The van der Waals surface area contributed by atoms with E-state index < -0.39 is 29.8 Å². The lowest BCUT2D eigenvalue weighted by molar-refractivity contribution is -0.274. The number of hydrogen-bond donors (Lipinski definition) is 0. The van der Waals surface area contributed by atoms with Gasteiger partial charge >= 0.3 is 18.3 Å². The SMILES string of the molecule is C=CC(=O)Oc1ccc(-c2ccc3c(oc4c(OC(F)(F)F)c(OC(=O)C=C)ccc43)c2OC)cc1. The van der Waals surface area contributed by atoms with Gasteiger partial charge in [-0.15, -0.1) is 13.2 Å². The van der Waals surface area contributed by atoms with E-state index in [2.05, 4.69) is 17.9 Å². The molecule has 7 nitrogen and oxygen atoms in total. The van der Waals surface area contributed by atoms with Crippen molar-refractivity contribution in [1.82, 2.24) is 0 Å². The number of alkyl halides is 3. The smallest absolute Gasteiger partial charge is 0.492 e. The highest BCUT2D eigenvalue weighted by molar-refractivity contribution is 6.11. The molecule has 0 saturated carbocycles. The number of ether oxygens (including phenoxy) is 4. The first-order valence-corrected chi connectivity index (χ1v) is 10.3. The highest BCUT2D eigenvalue weighted by Crippen LogP contribution is 2.47. The summed E-state index contributed by atoms with van der Waals surface area (Å²) >= 11 is 0. The van der Waals surface area contributed by atoms with Crippen molar-refractivity contribution in [2.75, 3.05) is 7.11 Å². The van der Waals surface area contributed by atoms with Crippen LogP contribution in [-0.2, 0) is 9.59 Å². The third-order valence-corrected chi connectivity index (χ3v) is 5.03. The van der Waals surface area contributed by atoms with Crippen molar-refractivity contribution in [3.8, 4) is 34.1 Å². The number of hydrogen-bond acceptors (Lipinski definition) is 7. The van der Waals surface area contributed by atoms with E-state index in [0.29, 0.717) is 22.3 Å². The fourth-order valence-corrected chi connectivity index (χ4v) is 3.57. The highest BCUT2D eigenvalue weighted by Gasteiger charge is 2.35. The average molecular weight is 498 g/mol. The van der Waals surface area contributed by atoms with E-state index in [1.165, 1.54) is 19.2 Å². The quantitative estimate of drug-likeness (QED) is 0.167. The van der Waals surface area contributed by atoms with E-state index >= 15 is 0 Å². The summed E-state index contributed by atoms with van der Waals surface area (Å²) < 4.78 is 65.1. The van der Waals surface area contributed by atoms with Gasteiger partial charge in [-0.2, -0.15) is 0 Å². The van der Waals surface area contributed by atoms with E-state index in [9.17, 15) is 22.8 Å². The second-order valence-electron chi connectivity index (χ2n) is 7.22. The van der Waals surface area contributed by atoms with Crippen LogP contribution in [0.15, 0.2) is 78.3 Å². The Morgan fingerprint density at radius 3 is 2.00 bits per heavy atom. The average Bonchev–Trinajstić information content (AvgIpc) is 3.23. The Morgan fingerprint density at radius 2 is 1.42 bits per heavy atom. The molecule has 1 aromatic heterocycles. The summed E-state index contributed by atoms with van der Waals surface area (Å²) in [7, 11) is 1.39. The molecule has 0 radical (unpaired) electrons. The summed E-state index contributed by atoms with van der Waals surface area (Å²) in [6.45, 7) is 6.58. The Balaban J connectivity index is 1.88. The lowest BCUT2D eigenvalue weighted by Gasteiger charge is -2.12. The number of furan rings is 1. The predicted octanol–water partition coefficient (Wildman–Crippen LogP) is 6.34. The van der Waals surface area contributed by atoms with Gasteiger partial charge in [-0.1, -0.05) is 25.3 Å². The molecule has 0 atom stereocenters. The van der Waals surface area contributed by atoms with Crippen LogP contribution in [-0.4, -0.2) is 25.4 Å². The molecular formula is C26H17F3O7. The molecule has 0 fully saturated rings. The monoisotopic (exact) mass is 498 g/mol. The molecule has 0 N–H and O–H groups in total. The molecule has 36 heavy (non-hydrogen) atoms. The van der Waals surface area contributed by atoms with Crippen molar-refractivity contribution in [2.24, 2.45) is 0 Å². The van der Waals surface area contributed by atoms with Crippen molar-refractivity contribution < 1.29 is 46.1 Å². The van der Waals surface area contributed by atoms with Crippen LogP contribution in [0.4, 0.5) is 13.2 Å². The van der Waals surface area contributed by atoms with Crippen molar-refractivity contribution in [3.05, 3.63) is 73.8 Å². The molecule has 0 aliphatic rings. The predicted molar refractivity (Wildman–Crippen MR) is 124 cm³/mol. The molecule has 0 aliphatic heterocycles. The van der Waals surface area contributed by atoms with Crippen molar-refractivity contribution in [2.45, 2.75) is 6.36 Å². The second kappa shape index (κ2) is 9.49. The maximum Gasteiger partial charge on any atom is 0.573 e. The highest BCUT2D eigenvalue weighted by atomic mass is 19.4. The molecule has 0 unspecified atom stereocenters. The molecule has 3 aromatic carbocycles. The molecule has 4 rings (SSSR count). The van der Waals surface area contributed by atoms with E-state index in [4.69, 9.17) is 18.6 Å². The Morgan fingerprint density at radius 1 is 0.833 bits per heavy atom. The number of esters is 2. The summed E-state index contributed by atoms with van der Waals surface area (Å²) in [5.41, 5.74) is 1.06. The van der Waals surface area contributed by atoms with Crippen LogP contribution in [0.5, 0.6) is 23.0 Å². The molecular weight excluding hydrogens is 481 g/mol. The summed E-state index contributed by atoms with van der Waals surface area (Å²) in [5, 5.41) is 0.718. The van der Waals surface area contributed by atoms with Gasteiger partial charge in [-0.25, -0.2) is 9.59 Å². The van der Waals surface area contributed by atoms with Crippen molar-refractivity contribution in [1.29, 1.82) is 0 Å². The fourth-order valence-electron chi connectivity index (χ4n) is 3.57. The largest absolute Gasteiger partial charge is 0.573 e. The Bertz CT molecular complexity index is 1500.